The zero-order valence-corrected chi connectivity index (χ0v) is 17.3. The van der Waals surface area contributed by atoms with Gasteiger partial charge in [0.05, 0.1) is 21.7 Å². The van der Waals surface area contributed by atoms with E-state index in [0.717, 1.165) is 5.56 Å². The van der Waals surface area contributed by atoms with Gasteiger partial charge in [0.1, 0.15) is 12.1 Å². The number of anilines is 1. The van der Waals surface area contributed by atoms with Crippen molar-refractivity contribution >= 4 is 32.5 Å². The maximum atomic E-state index is 12.7. The first kappa shape index (κ1) is 20.5. The number of primary amides is 1. The summed E-state index contributed by atoms with van der Waals surface area (Å²) in [5.41, 5.74) is 7.85. The van der Waals surface area contributed by atoms with E-state index in [0.29, 0.717) is 39.3 Å². The number of carbonyl (C=O) groups is 1. The molecule has 1 aromatic heterocycles. The lowest BCUT2D eigenvalue weighted by molar-refractivity contribution is 0.100. The van der Waals surface area contributed by atoms with Crippen LogP contribution in [0, 0.1) is 0 Å². The lowest BCUT2D eigenvalue weighted by Crippen LogP contribution is -2.12. The lowest BCUT2D eigenvalue weighted by atomic mass is 10.1. The van der Waals surface area contributed by atoms with Gasteiger partial charge >= 0.3 is 0 Å². The molecule has 3 N–H and O–H groups in total. The quantitative estimate of drug-likeness (QED) is 0.463. The highest BCUT2D eigenvalue weighted by Gasteiger charge is 2.15. The van der Waals surface area contributed by atoms with E-state index >= 15 is 0 Å². The Balaban J connectivity index is 1.54. The topological polar surface area (TPSA) is 115 Å². The molecule has 8 heteroatoms. The predicted octanol–water partition coefficient (Wildman–Crippen LogP) is 3.31. The minimum Gasteiger partial charge on any atom is -0.366 e. The highest BCUT2D eigenvalue weighted by atomic mass is 32.2. The summed E-state index contributed by atoms with van der Waals surface area (Å²) in [7, 11) is -3.42. The lowest BCUT2D eigenvalue weighted by Gasteiger charge is -2.11. The summed E-state index contributed by atoms with van der Waals surface area (Å²) < 4.78 is 25.3. The summed E-state index contributed by atoms with van der Waals surface area (Å²) in [5, 5.41) is 3.92. The molecule has 1 amide bonds. The van der Waals surface area contributed by atoms with E-state index in [1.807, 2.05) is 24.3 Å². The van der Waals surface area contributed by atoms with Gasteiger partial charge in [-0.05, 0) is 35.4 Å². The fourth-order valence-corrected chi connectivity index (χ4v) is 4.73. The van der Waals surface area contributed by atoms with Gasteiger partial charge in [-0.15, -0.1) is 0 Å². The van der Waals surface area contributed by atoms with Gasteiger partial charge in [0.2, 0.25) is 0 Å². The van der Waals surface area contributed by atoms with Gasteiger partial charge in [-0.3, -0.25) is 4.79 Å². The molecular formula is C23H20N4O3S. The number of fused-ring (bicyclic) bond motifs is 1. The molecule has 3 aromatic carbocycles. The molecule has 0 saturated carbocycles. The van der Waals surface area contributed by atoms with E-state index in [1.165, 1.54) is 6.33 Å². The van der Waals surface area contributed by atoms with Crippen molar-refractivity contribution in [3.05, 3.63) is 95.8 Å². The van der Waals surface area contributed by atoms with E-state index in [9.17, 15) is 13.2 Å². The number of hydrogen-bond acceptors (Lipinski definition) is 6. The number of carbonyl (C=O) groups excluding carboxylic acids is 1. The Bertz CT molecular complexity index is 1360. The van der Waals surface area contributed by atoms with Gasteiger partial charge in [0.15, 0.2) is 9.84 Å². The van der Waals surface area contributed by atoms with E-state index in [4.69, 9.17) is 5.73 Å². The summed E-state index contributed by atoms with van der Waals surface area (Å²) in [6.45, 7) is 0.423. The van der Waals surface area contributed by atoms with Crippen LogP contribution in [-0.2, 0) is 22.1 Å². The summed E-state index contributed by atoms with van der Waals surface area (Å²) in [4.78, 5) is 20.4. The average molecular weight is 433 g/mol. The van der Waals surface area contributed by atoms with Crippen LogP contribution in [-0.4, -0.2) is 24.3 Å². The third-order valence-corrected chi connectivity index (χ3v) is 6.54. The minimum atomic E-state index is -3.42. The standard InChI is InChI=1S/C23H20N4O3S/c24-22(28)19-10-5-11-20-21(19)26-15-27-23(20)25-13-16-6-4-7-17(12-16)14-31(29,30)18-8-2-1-3-9-18/h1-12,15H,13-14H2,(H2,24,28)(H,25,26,27). The monoisotopic (exact) mass is 432 g/mol. The van der Waals surface area contributed by atoms with E-state index in [1.54, 1.807) is 48.5 Å². The van der Waals surface area contributed by atoms with Gasteiger partial charge in [-0.2, -0.15) is 0 Å². The number of aromatic nitrogens is 2. The highest BCUT2D eigenvalue weighted by molar-refractivity contribution is 7.90. The van der Waals surface area contributed by atoms with E-state index in [2.05, 4.69) is 15.3 Å². The van der Waals surface area contributed by atoms with Crippen LogP contribution in [0.1, 0.15) is 21.5 Å². The second-order valence-electron chi connectivity index (χ2n) is 7.03. The van der Waals surface area contributed by atoms with E-state index in [-0.39, 0.29) is 5.75 Å². The summed E-state index contributed by atoms with van der Waals surface area (Å²) in [6.07, 6.45) is 1.37. The molecule has 7 nitrogen and oxygen atoms in total. The van der Waals surface area contributed by atoms with Crippen molar-refractivity contribution in [2.45, 2.75) is 17.2 Å². The molecule has 0 saturated heterocycles. The number of benzene rings is 3. The van der Waals surface area contributed by atoms with Crippen molar-refractivity contribution in [3.63, 3.8) is 0 Å². The molecule has 1 heterocycles. The summed E-state index contributed by atoms with van der Waals surface area (Å²) in [5.74, 6) is -0.0681. The normalized spacial score (nSPS) is 11.4. The number of nitrogens with two attached hydrogens (primary N) is 1. The fraction of sp³-hybridized carbons (Fsp3) is 0.0870. The molecule has 31 heavy (non-hydrogen) atoms. The Morgan fingerprint density at radius 2 is 1.65 bits per heavy atom. The van der Waals surface area contributed by atoms with Crippen LogP contribution in [0.5, 0.6) is 0 Å². The zero-order valence-electron chi connectivity index (χ0n) is 16.5. The number of hydrogen-bond donors (Lipinski definition) is 2. The first-order valence-electron chi connectivity index (χ1n) is 9.57. The Labute approximate surface area is 179 Å². The molecule has 0 unspecified atom stereocenters. The largest absolute Gasteiger partial charge is 0.366 e. The first-order valence-corrected chi connectivity index (χ1v) is 11.2. The number of sulfone groups is 1. The van der Waals surface area contributed by atoms with Crippen molar-refractivity contribution < 1.29 is 13.2 Å². The number of amides is 1. The van der Waals surface area contributed by atoms with Gasteiger partial charge < -0.3 is 11.1 Å². The van der Waals surface area contributed by atoms with Crippen molar-refractivity contribution in [3.8, 4) is 0 Å². The van der Waals surface area contributed by atoms with Crippen LogP contribution in [0.25, 0.3) is 10.9 Å². The SMILES string of the molecule is NC(=O)c1cccc2c(NCc3cccc(CS(=O)(=O)c4ccccc4)c3)ncnc12. The van der Waals surface area contributed by atoms with Crippen LogP contribution in [0.2, 0.25) is 0 Å². The first-order chi connectivity index (χ1) is 14.9. The van der Waals surface area contributed by atoms with Crippen LogP contribution >= 0.6 is 0 Å². The Morgan fingerprint density at radius 1 is 0.903 bits per heavy atom. The molecule has 0 spiro atoms. The van der Waals surface area contributed by atoms with Crippen molar-refractivity contribution in [2.24, 2.45) is 5.73 Å². The zero-order chi connectivity index (χ0) is 21.8. The Kier molecular flexibility index (Phi) is 5.64. The predicted molar refractivity (Wildman–Crippen MR) is 119 cm³/mol. The summed E-state index contributed by atoms with van der Waals surface area (Å²) in [6, 6.07) is 21.0. The molecule has 156 valence electrons. The minimum absolute atomic E-state index is 0.0801. The molecule has 0 aliphatic carbocycles. The Hall–Kier alpha value is -3.78. The maximum absolute atomic E-state index is 12.7. The molecule has 0 fully saturated rings. The molecule has 0 aliphatic heterocycles. The van der Waals surface area contributed by atoms with Crippen molar-refractivity contribution in [1.29, 1.82) is 0 Å². The molecule has 0 bridgehead atoms. The second-order valence-corrected chi connectivity index (χ2v) is 9.02. The van der Waals surface area contributed by atoms with Crippen LogP contribution in [0.15, 0.2) is 84.0 Å². The highest BCUT2D eigenvalue weighted by Crippen LogP contribution is 2.23. The molecule has 4 aromatic rings. The van der Waals surface area contributed by atoms with Crippen LogP contribution in [0.3, 0.4) is 0 Å². The van der Waals surface area contributed by atoms with Crippen molar-refractivity contribution in [2.75, 3.05) is 5.32 Å². The maximum Gasteiger partial charge on any atom is 0.250 e. The number of para-hydroxylation sites is 1. The molecule has 0 atom stereocenters. The van der Waals surface area contributed by atoms with E-state index < -0.39 is 15.7 Å². The average Bonchev–Trinajstić information content (AvgIpc) is 2.77. The molecular weight excluding hydrogens is 412 g/mol. The van der Waals surface area contributed by atoms with Gasteiger partial charge in [-0.1, -0.05) is 48.5 Å². The number of nitrogens with zero attached hydrogens (tertiary/aromatic N) is 2. The third-order valence-electron chi connectivity index (χ3n) is 4.84. The number of rotatable bonds is 7. The fourth-order valence-electron chi connectivity index (χ4n) is 3.37. The van der Waals surface area contributed by atoms with Crippen molar-refractivity contribution in [1.82, 2.24) is 9.97 Å². The van der Waals surface area contributed by atoms with Gasteiger partial charge in [0.25, 0.3) is 5.91 Å². The van der Waals surface area contributed by atoms with Crippen LogP contribution in [0.4, 0.5) is 5.82 Å². The van der Waals surface area contributed by atoms with Gasteiger partial charge in [-0.25, -0.2) is 18.4 Å². The molecule has 0 aliphatic rings. The third kappa shape index (κ3) is 4.54. The summed E-state index contributed by atoms with van der Waals surface area (Å²) >= 11 is 0. The smallest absolute Gasteiger partial charge is 0.250 e. The number of nitrogens with one attached hydrogen (secondary N) is 1. The molecule has 4 rings (SSSR count). The Morgan fingerprint density at radius 3 is 2.42 bits per heavy atom. The second kappa shape index (κ2) is 8.53. The van der Waals surface area contributed by atoms with Crippen LogP contribution < -0.4 is 11.1 Å². The van der Waals surface area contributed by atoms with Gasteiger partial charge in [0, 0.05) is 11.9 Å². The molecule has 0 radical (unpaired) electrons.